The second-order valence-electron chi connectivity index (χ2n) is 13.2. The van der Waals surface area contributed by atoms with Crippen molar-refractivity contribution in [3.05, 3.63) is 11.8 Å². The van der Waals surface area contributed by atoms with E-state index in [1.807, 2.05) is 0 Å². The van der Waals surface area contributed by atoms with Crippen LogP contribution in [0.5, 0.6) is 5.88 Å². The summed E-state index contributed by atoms with van der Waals surface area (Å²) >= 11 is 0. The van der Waals surface area contributed by atoms with Crippen molar-refractivity contribution in [2.24, 2.45) is 29.6 Å². The normalized spacial score (nSPS) is 30.8. The Morgan fingerprint density at radius 3 is 2.33 bits per heavy atom. The fourth-order valence-electron chi connectivity index (χ4n) is 8.69. The molecule has 2 heterocycles. The van der Waals surface area contributed by atoms with Crippen molar-refractivity contribution in [2.75, 3.05) is 32.5 Å². The van der Waals surface area contributed by atoms with Gasteiger partial charge >= 0.3 is 0 Å². The van der Waals surface area contributed by atoms with Gasteiger partial charge in [0.2, 0.25) is 15.9 Å². The zero-order valence-corrected chi connectivity index (χ0v) is 25.6. The SMILES string of the molecule is CS(=O)(=O)N(CCn1ncc(C(=O)NC2C3CC4CC(C3)CC2C4)c1OCC1CCCCC1)C1CCNCC1.Cl. The molecule has 6 fully saturated rings. The molecular formula is C29H48ClN5O4S. The van der Waals surface area contributed by atoms with Crippen molar-refractivity contribution in [3.8, 4) is 5.88 Å². The van der Waals surface area contributed by atoms with Crippen molar-refractivity contribution >= 4 is 28.3 Å². The number of nitrogens with zero attached hydrogens (tertiary/aromatic N) is 3. The molecule has 1 aromatic heterocycles. The summed E-state index contributed by atoms with van der Waals surface area (Å²) in [4.78, 5) is 13.7. The summed E-state index contributed by atoms with van der Waals surface area (Å²) < 4.78 is 35.2. The maximum absolute atomic E-state index is 13.7. The molecule has 0 atom stereocenters. The Balaban J connectivity index is 0.00000323. The zero-order chi connectivity index (χ0) is 27.0. The average molecular weight is 598 g/mol. The van der Waals surface area contributed by atoms with Crippen LogP contribution < -0.4 is 15.4 Å². The topological polar surface area (TPSA) is 106 Å². The van der Waals surface area contributed by atoms with E-state index >= 15 is 0 Å². The molecule has 1 amide bonds. The smallest absolute Gasteiger partial charge is 0.258 e. The van der Waals surface area contributed by atoms with Crippen LogP contribution in [0.25, 0.3) is 0 Å². The molecule has 2 N–H and O–H groups in total. The van der Waals surface area contributed by atoms with E-state index in [9.17, 15) is 13.2 Å². The van der Waals surface area contributed by atoms with Gasteiger partial charge < -0.3 is 15.4 Å². The molecule has 11 heteroatoms. The van der Waals surface area contributed by atoms with Gasteiger partial charge in [-0.3, -0.25) is 4.79 Å². The number of halogens is 1. The summed E-state index contributed by atoms with van der Waals surface area (Å²) in [7, 11) is -3.37. The van der Waals surface area contributed by atoms with Gasteiger partial charge in [-0.25, -0.2) is 13.1 Å². The van der Waals surface area contributed by atoms with E-state index in [4.69, 9.17) is 4.74 Å². The zero-order valence-electron chi connectivity index (χ0n) is 23.9. The molecule has 1 saturated heterocycles. The summed E-state index contributed by atoms with van der Waals surface area (Å²) in [5, 5.41) is 11.3. The van der Waals surface area contributed by atoms with Crippen LogP contribution in [0, 0.1) is 29.6 Å². The lowest BCUT2D eigenvalue weighted by atomic mass is 9.54. The van der Waals surface area contributed by atoms with Crippen LogP contribution in [0.1, 0.15) is 87.4 Å². The Bertz CT molecular complexity index is 1090. The lowest BCUT2D eigenvalue weighted by Crippen LogP contribution is -2.55. The second-order valence-corrected chi connectivity index (χ2v) is 15.1. The molecule has 226 valence electrons. The van der Waals surface area contributed by atoms with Crippen molar-refractivity contribution < 1.29 is 17.9 Å². The van der Waals surface area contributed by atoms with Gasteiger partial charge in [0.15, 0.2) is 0 Å². The molecule has 1 aliphatic heterocycles. The third-order valence-electron chi connectivity index (χ3n) is 10.4. The lowest BCUT2D eigenvalue weighted by molar-refractivity contribution is -0.0120. The minimum absolute atomic E-state index is 0. The van der Waals surface area contributed by atoms with Crippen LogP contribution in [0.3, 0.4) is 0 Å². The van der Waals surface area contributed by atoms with Crippen LogP contribution in [-0.2, 0) is 16.6 Å². The summed E-state index contributed by atoms with van der Waals surface area (Å²) in [6.45, 7) is 2.91. The highest BCUT2D eigenvalue weighted by Gasteiger charge is 2.48. The molecule has 6 aliphatic rings. The minimum atomic E-state index is -3.37. The number of ether oxygens (including phenoxy) is 1. The van der Waals surface area contributed by atoms with E-state index in [0.717, 1.165) is 50.6 Å². The molecule has 5 saturated carbocycles. The molecular weight excluding hydrogens is 550 g/mol. The molecule has 0 spiro atoms. The first-order chi connectivity index (χ1) is 18.8. The number of sulfonamides is 1. The van der Waals surface area contributed by atoms with E-state index in [-0.39, 0.29) is 30.4 Å². The maximum atomic E-state index is 13.7. The van der Waals surface area contributed by atoms with Crippen molar-refractivity contribution in [3.63, 3.8) is 0 Å². The molecule has 0 unspecified atom stereocenters. The van der Waals surface area contributed by atoms with Crippen molar-refractivity contribution in [2.45, 2.75) is 95.7 Å². The number of carbonyl (C=O) groups excluding carboxylic acids is 1. The molecule has 4 bridgehead atoms. The Labute approximate surface area is 246 Å². The number of carbonyl (C=O) groups is 1. The fourth-order valence-corrected chi connectivity index (χ4v) is 9.85. The van der Waals surface area contributed by atoms with E-state index in [1.54, 1.807) is 15.2 Å². The first-order valence-electron chi connectivity index (χ1n) is 15.5. The van der Waals surface area contributed by atoms with Crippen LogP contribution >= 0.6 is 12.4 Å². The summed E-state index contributed by atoms with van der Waals surface area (Å²) in [6.07, 6.45) is 17.0. The van der Waals surface area contributed by atoms with E-state index < -0.39 is 10.0 Å². The molecule has 0 radical (unpaired) electrons. The molecule has 0 aromatic carbocycles. The Morgan fingerprint density at radius 1 is 1.05 bits per heavy atom. The number of hydrogen-bond acceptors (Lipinski definition) is 6. The van der Waals surface area contributed by atoms with Gasteiger partial charge in [0.05, 0.1) is 25.6 Å². The van der Waals surface area contributed by atoms with Gasteiger partial charge in [0.1, 0.15) is 5.56 Å². The molecule has 9 nitrogen and oxygen atoms in total. The van der Waals surface area contributed by atoms with Crippen LogP contribution in [0.15, 0.2) is 6.20 Å². The van der Waals surface area contributed by atoms with E-state index in [2.05, 4.69) is 15.7 Å². The second kappa shape index (κ2) is 12.9. The monoisotopic (exact) mass is 597 g/mol. The Hall–Kier alpha value is -1.36. The number of piperidine rings is 1. The number of hydrogen-bond donors (Lipinski definition) is 2. The fraction of sp³-hybridized carbons (Fsp3) is 0.862. The van der Waals surface area contributed by atoms with Gasteiger partial charge in [0.25, 0.3) is 5.91 Å². The van der Waals surface area contributed by atoms with Gasteiger partial charge in [0, 0.05) is 18.6 Å². The van der Waals surface area contributed by atoms with E-state index in [1.165, 1.54) is 57.6 Å². The van der Waals surface area contributed by atoms with Crippen LogP contribution in [-0.4, -0.2) is 73.0 Å². The lowest BCUT2D eigenvalue weighted by Gasteiger charge is -2.54. The third-order valence-corrected chi connectivity index (χ3v) is 11.7. The first kappa shape index (κ1) is 30.1. The summed E-state index contributed by atoms with van der Waals surface area (Å²) in [5.74, 6) is 3.81. The quantitative estimate of drug-likeness (QED) is 0.425. The summed E-state index contributed by atoms with van der Waals surface area (Å²) in [5.41, 5.74) is 0.493. The standard InChI is InChI=1S/C29H47N5O4S.ClH/c1-39(36,37)34(25-7-9-30-10-8-25)12-11-33-29(38-19-20-5-3-2-4-6-20)26(18-31-33)28(35)32-27-23-14-21-13-22(16-23)17-24(27)15-21;/h18,20-25,27,30H,2-17,19H2,1H3,(H,32,35);1H. The average Bonchev–Trinajstić information content (AvgIpc) is 3.32. The molecule has 5 aliphatic carbocycles. The van der Waals surface area contributed by atoms with Crippen LogP contribution in [0.2, 0.25) is 0 Å². The van der Waals surface area contributed by atoms with Crippen molar-refractivity contribution in [1.82, 2.24) is 24.7 Å². The highest BCUT2D eigenvalue weighted by Crippen LogP contribution is 2.53. The predicted octanol–water partition coefficient (Wildman–Crippen LogP) is 3.83. The number of nitrogens with one attached hydrogen (secondary N) is 2. The number of aromatic nitrogens is 2. The largest absolute Gasteiger partial charge is 0.477 e. The van der Waals surface area contributed by atoms with Crippen LogP contribution in [0.4, 0.5) is 0 Å². The number of amides is 1. The summed E-state index contributed by atoms with van der Waals surface area (Å²) in [6, 6.07) is 0.239. The molecule has 40 heavy (non-hydrogen) atoms. The highest BCUT2D eigenvalue weighted by atomic mass is 35.5. The minimum Gasteiger partial charge on any atom is -0.477 e. The van der Waals surface area contributed by atoms with Crippen molar-refractivity contribution in [1.29, 1.82) is 0 Å². The maximum Gasteiger partial charge on any atom is 0.258 e. The Morgan fingerprint density at radius 2 is 1.70 bits per heavy atom. The van der Waals surface area contributed by atoms with Gasteiger partial charge in [-0.15, -0.1) is 12.4 Å². The van der Waals surface area contributed by atoms with Gasteiger partial charge in [-0.1, -0.05) is 19.3 Å². The number of rotatable bonds is 10. The predicted molar refractivity (Wildman–Crippen MR) is 157 cm³/mol. The van der Waals surface area contributed by atoms with Gasteiger partial charge in [-0.2, -0.15) is 9.40 Å². The molecule has 7 rings (SSSR count). The van der Waals surface area contributed by atoms with E-state index in [0.29, 0.717) is 48.9 Å². The van der Waals surface area contributed by atoms with Gasteiger partial charge in [-0.05, 0) is 100 Å². The highest BCUT2D eigenvalue weighted by molar-refractivity contribution is 7.88. The third kappa shape index (κ3) is 6.65. The Kier molecular flexibility index (Phi) is 9.69. The first-order valence-corrected chi connectivity index (χ1v) is 17.4. The molecule has 1 aromatic rings.